The van der Waals surface area contributed by atoms with Gasteiger partial charge in [0.1, 0.15) is 0 Å². The van der Waals surface area contributed by atoms with Crippen molar-refractivity contribution in [2.24, 2.45) is 0 Å². The third kappa shape index (κ3) is 3.66. The number of hydrogen-bond acceptors (Lipinski definition) is 2. The Hall–Kier alpha value is -1.87. The van der Waals surface area contributed by atoms with E-state index >= 15 is 0 Å². The van der Waals surface area contributed by atoms with Gasteiger partial charge in [-0.2, -0.15) is 0 Å². The van der Waals surface area contributed by atoms with E-state index in [2.05, 4.69) is 54.8 Å². The first kappa shape index (κ1) is 15.0. The predicted octanol–water partition coefficient (Wildman–Crippen LogP) is 2.46. The fourth-order valence-corrected chi connectivity index (χ4v) is 2.95. The van der Waals surface area contributed by atoms with Gasteiger partial charge in [-0.05, 0) is 37.9 Å². The van der Waals surface area contributed by atoms with Crippen LogP contribution in [0.15, 0.2) is 53.6 Å². The minimum absolute atomic E-state index is 0.187. The molecule has 1 heterocycles. The first-order chi connectivity index (χ1) is 10.7. The van der Waals surface area contributed by atoms with Gasteiger partial charge in [-0.25, -0.2) is 0 Å². The Morgan fingerprint density at radius 3 is 2.55 bits per heavy atom. The van der Waals surface area contributed by atoms with E-state index in [0.717, 1.165) is 44.6 Å². The molecular weight excluding hydrogens is 272 g/mol. The molecule has 1 aromatic carbocycles. The van der Waals surface area contributed by atoms with Crippen molar-refractivity contribution in [3.8, 4) is 0 Å². The standard InChI is InChI=1S/C19H23N2O/c1-20-10-12-21(13-11-20)19(22)18-9-5-8-17(15-18)14-16-6-3-2-4-7-16/h2-4,6-9,15H,5,10-14H2,1H3. The summed E-state index contributed by atoms with van der Waals surface area (Å²) < 4.78 is 0. The zero-order valence-corrected chi connectivity index (χ0v) is 13.2. The van der Waals surface area contributed by atoms with E-state index in [1.165, 1.54) is 11.1 Å². The normalized spacial score (nSPS) is 19.6. The molecule has 0 atom stereocenters. The first-order valence-corrected chi connectivity index (χ1v) is 7.98. The summed E-state index contributed by atoms with van der Waals surface area (Å²) in [4.78, 5) is 16.9. The molecule has 3 rings (SSSR count). The lowest BCUT2D eigenvalue weighted by Crippen LogP contribution is -2.47. The van der Waals surface area contributed by atoms with Gasteiger partial charge in [0.15, 0.2) is 0 Å². The Morgan fingerprint density at radius 1 is 1.09 bits per heavy atom. The number of hydrogen-bond donors (Lipinski definition) is 0. The van der Waals surface area contributed by atoms with Crippen LogP contribution in [-0.2, 0) is 11.2 Å². The van der Waals surface area contributed by atoms with E-state index in [-0.39, 0.29) is 5.91 Å². The molecular formula is C19H23N2O. The number of piperazine rings is 1. The monoisotopic (exact) mass is 295 g/mol. The zero-order valence-electron chi connectivity index (χ0n) is 13.2. The molecule has 115 valence electrons. The zero-order chi connectivity index (χ0) is 15.4. The summed E-state index contributed by atoms with van der Waals surface area (Å²) >= 11 is 0. The number of carbonyl (C=O) groups is 1. The maximum Gasteiger partial charge on any atom is 0.253 e. The molecule has 2 aliphatic rings. The maximum absolute atomic E-state index is 12.6. The van der Waals surface area contributed by atoms with E-state index in [1.807, 2.05) is 11.0 Å². The summed E-state index contributed by atoms with van der Waals surface area (Å²) in [7, 11) is 2.11. The van der Waals surface area contributed by atoms with Gasteiger partial charge in [0.2, 0.25) is 0 Å². The Labute approximate surface area is 132 Å². The Kier molecular flexibility index (Phi) is 4.74. The maximum atomic E-state index is 12.6. The van der Waals surface area contributed by atoms with Crippen LogP contribution < -0.4 is 0 Å². The molecule has 1 aromatic rings. The van der Waals surface area contributed by atoms with Crippen molar-refractivity contribution in [2.75, 3.05) is 33.2 Å². The molecule has 1 fully saturated rings. The van der Waals surface area contributed by atoms with Crippen LogP contribution in [0.3, 0.4) is 0 Å². The minimum Gasteiger partial charge on any atom is -0.336 e. The number of allylic oxidation sites excluding steroid dienone is 2. The molecule has 0 saturated carbocycles. The van der Waals surface area contributed by atoms with Crippen LogP contribution in [0.4, 0.5) is 0 Å². The fraction of sp³-hybridized carbons (Fsp3) is 0.368. The van der Waals surface area contributed by atoms with Crippen LogP contribution >= 0.6 is 0 Å². The second-order valence-electron chi connectivity index (χ2n) is 6.08. The minimum atomic E-state index is 0.187. The van der Waals surface area contributed by atoms with Crippen LogP contribution in [0.2, 0.25) is 0 Å². The van der Waals surface area contributed by atoms with E-state index in [4.69, 9.17) is 0 Å². The molecule has 1 radical (unpaired) electrons. The van der Waals surface area contributed by atoms with E-state index in [9.17, 15) is 4.79 Å². The number of likely N-dealkylation sites (N-methyl/N-ethyl adjacent to an activating group) is 1. The van der Waals surface area contributed by atoms with Crippen LogP contribution in [0.5, 0.6) is 0 Å². The van der Waals surface area contributed by atoms with Gasteiger partial charge in [0.05, 0.1) is 0 Å². The average Bonchev–Trinajstić information content (AvgIpc) is 2.56. The third-order valence-electron chi connectivity index (χ3n) is 4.35. The van der Waals surface area contributed by atoms with Crippen molar-refractivity contribution < 1.29 is 4.79 Å². The highest BCUT2D eigenvalue weighted by Gasteiger charge is 2.22. The van der Waals surface area contributed by atoms with Gasteiger partial charge in [-0.3, -0.25) is 4.79 Å². The molecule has 0 unspecified atom stereocenters. The molecule has 3 nitrogen and oxygen atoms in total. The van der Waals surface area contributed by atoms with E-state index in [0.29, 0.717) is 0 Å². The number of nitrogens with zero attached hydrogens (tertiary/aromatic N) is 2. The van der Waals surface area contributed by atoms with E-state index in [1.54, 1.807) is 0 Å². The predicted molar refractivity (Wildman–Crippen MR) is 89.3 cm³/mol. The van der Waals surface area contributed by atoms with Crippen molar-refractivity contribution in [3.05, 3.63) is 65.6 Å². The van der Waals surface area contributed by atoms with Crippen molar-refractivity contribution in [1.82, 2.24) is 9.80 Å². The molecule has 1 aliphatic heterocycles. The summed E-state index contributed by atoms with van der Waals surface area (Å²) in [6.07, 6.45) is 8.09. The molecule has 22 heavy (non-hydrogen) atoms. The topological polar surface area (TPSA) is 23.6 Å². The van der Waals surface area contributed by atoms with E-state index < -0.39 is 0 Å². The van der Waals surface area contributed by atoms with Crippen LogP contribution in [0.1, 0.15) is 12.0 Å². The smallest absolute Gasteiger partial charge is 0.253 e. The largest absolute Gasteiger partial charge is 0.336 e. The number of benzene rings is 1. The van der Waals surface area contributed by atoms with Gasteiger partial charge in [0.25, 0.3) is 5.91 Å². The summed E-state index contributed by atoms with van der Waals surface area (Å²) in [6, 6.07) is 10.4. The average molecular weight is 295 g/mol. The van der Waals surface area contributed by atoms with Gasteiger partial charge >= 0.3 is 0 Å². The fourth-order valence-electron chi connectivity index (χ4n) is 2.95. The Morgan fingerprint density at radius 2 is 1.82 bits per heavy atom. The van der Waals surface area contributed by atoms with Crippen LogP contribution in [-0.4, -0.2) is 48.9 Å². The van der Waals surface area contributed by atoms with Gasteiger partial charge in [-0.1, -0.05) is 42.0 Å². The first-order valence-electron chi connectivity index (χ1n) is 7.98. The third-order valence-corrected chi connectivity index (χ3v) is 4.35. The van der Waals surface area contributed by atoms with Gasteiger partial charge < -0.3 is 9.80 Å². The van der Waals surface area contributed by atoms with Crippen molar-refractivity contribution in [2.45, 2.75) is 12.8 Å². The summed E-state index contributed by atoms with van der Waals surface area (Å²) in [5.41, 5.74) is 3.39. The quantitative estimate of drug-likeness (QED) is 0.855. The van der Waals surface area contributed by atoms with Gasteiger partial charge in [-0.15, -0.1) is 0 Å². The summed E-state index contributed by atoms with van der Waals surface area (Å²) in [5.74, 6) is 0.187. The highest BCUT2D eigenvalue weighted by atomic mass is 16.2. The SMILES string of the molecule is CN1CCN(C(=O)C2=CC[CH]C(Cc3ccccc3)=C2)CC1. The second-order valence-corrected chi connectivity index (χ2v) is 6.08. The lowest BCUT2D eigenvalue weighted by Gasteiger charge is -2.33. The van der Waals surface area contributed by atoms with Crippen LogP contribution in [0, 0.1) is 6.42 Å². The lowest BCUT2D eigenvalue weighted by atomic mass is 9.93. The van der Waals surface area contributed by atoms with Crippen molar-refractivity contribution in [3.63, 3.8) is 0 Å². The number of amides is 1. The number of carbonyl (C=O) groups excluding carboxylic acids is 1. The van der Waals surface area contributed by atoms with Crippen molar-refractivity contribution >= 4 is 5.91 Å². The molecule has 0 aromatic heterocycles. The molecule has 1 saturated heterocycles. The molecule has 0 bridgehead atoms. The number of rotatable bonds is 3. The Balaban J connectivity index is 1.66. The lowest BCUT2D eigenvalue weighted by molar-refractivity contribution is -0.128. The van der Waals surface area contributed by atoms with Crippen LogP contribution in [0.25, 0.3) is 0 Å². The molecule has 1 amide bonds. The van der Waals surface area contributed by atoms with Crippen molar-refractivity contribution in [1.29, 1.82) is 0 Å². The summed E-state index contributed by atoms with van der Waals surface area (Å²) in [5, 5.41) is 0. The molecule has 3 heteroatoms. The Bertz CT molecular complexity index is 581. The van der Waals surface area contributed by atoms with Gasteiger partial charge in [0, 0.05) is 31.8 Å². The summed E-state index contributed by atoms with van der Waals surface area (Å²) in [6.45, 7) is 3.59. The molecule has 0 N–H and O–H groups in total. The highest BCUT2D eigenvalue weighted by Crippen LogP contribution is 2.22. The second kappa shape index (κ2) is 6.93. The molecule has 1 aliphatic carbocycles. The molecule has 0 spiro atoms. The highest BCUT2D eigenvalue weighted by molar-refractivity contribution is 5.96.